The Labute approximate surface area is 115 Å². The zero-order valence-corrected chi connectivity index (χ0v) is 11.1. The zero-order chi connectivity index (χ0) is 14.3. The van der Waals surface area contributed by atoms with Gasteiger partial charge in [0.05, 0.1) is 17.5 Å². The van der Waals surface area contributed by atoms with Crippen molar-refractivity contribution >= 4 is 33.6 Å². The molecule has 4 heteroatoms. The first-order valence-electron chi connectivity index (χ1n) is 6.39. The van der Waals surface area contributed by atoms with Gasteiger partial charge in [-0.15, -0.1) is 0 Å². The molecule has 0 fully saturated rings. The lowest BCUT2D eigenvalue weighted by atomic mass is 10.1. The number of rotatable bonds is 2. The monoisotopic (exact) mass is 266 g/mol. The second kappa shape index (κ2) is 4.49. The Bertz CT molecular complexity index is 846. The number of hydrogen-bond donors (Lipinski definition) is 1. The smallest absolute Gasteiger partial charge is 0.228 e. The molecule has 2 aromatic carbocycles. The molecule has 0 aliphatic heterocycles. The Balaban J connectivity index is 2.38. The number of aromatic nitrogens is 1. The minimum absolute atomic E-state index is 0.0487. The SMILES string of the molecule is CC(=O)n1c2ccccc2c2ccc(CC(N)=O)cc21. The first-order valence-corrected chi connectivity index (χ1v) is 6.39. The van der Waals surface area contributed by atoms with Gasteiger partial charge in [-0.2, -0.15) is 0 Å². The fourth-order valence-electron chi connectivity index (χ4n) is 2.67. The van der Waals surface area contributed by atoms with Crippen molar-refractivity contribution in [2.45, 2.75) is 13.3 Å². The highest BCUT2D eigenvalue weighted by Gasteiger charge is 2.13. The van der Waals surface area contributed by atoms with Crippen LogP contribution >= 0.6 is 0 Å². The Hall–Kier alpha value is -2.62. The minimum atomic E-state index is -0.380. The van der Waals surface area contributed by atoms with Crippen molar-refractivity contribution in [2.24, 2.45) is 5.73 Å². The fraction of sp³-hybridized carbons (Fsp3) is 0.125. The lowest BCUT2D eigenvalue weighted by molar-refractivity contribution is -0.117. The summed E-state index contributed by atoms with van der Waals surface area (Å²) in [6.07, 6.45) is 0.176. The molecule has 0 unspecified atom stereocenters. The highest BCUT2D eigenvalue weighted by Crippen LogP contribution is 2.29. The molecular weight excluding hydrogens is 252 g/mol. The van der Waals surface area contributed by atoms with Crippen LogP contribution in [0.1, 0.15) is 17.3 Å². The van der Waals surface area contributed by atoms with Crippen molar-refractivity contribution in [3.05, 3.63) is 48.0 Å². The molecule has 0 radical (unpaired) electrons. The maximum Gasteiger partial charge on any atom is 0.228 e. The molecule has 2 N–H and O–H groups in total. The summed E-state index contributed by atoms with van der Waals surface area (Å²) in [6.45, 7) is 1.53. The molecule has 0 bridgehead atoms. The number of para-hydroxylation sites is 1. The number of carbonyl (C=O) groups excluding carboxylic acids is 2. The van der Waals surface area contributed by atoms with Gasteiger partial charge in [0.2, 0.25) is 11.8 Å². The quantitative estimate of drug-likeness (QED) is 0.774. The molecule has 0 saturated carbocycles. The van der Waals surface area contributed by atoms with Crippen LogP contribution in [0.25, 0.3) is 21.8 Å². The third-order valence-electron chi connectivity index (χ3n) is 3.43. The van der Waals surface area contributed by atoms with Gasteiger partial charge in [-0.05, 0) is 17.7 Å². The number of hydrogen-bond acceptors (Lipinski definition) is 2. The first-order chi connectivity index (χ1) is 9.58. The Kier molecular flexibility index (Phi) is 2.79. The van der Waals surface area contributed by atoms with Crippen LogP contribution in [-0.2, 0) is 11.2 Å². The van der Waals surface area contributed by atoms with Crippen molar-refractivity contribution in [1.29, 1.82) is 0 Å². The number of benzene rings is 2. The van der Waals surface area contributed by atoms with Crippen molar-refractivity contribution < 1.29 is 9.59 Å². The molecular formula is C16H14N2O2. The highest BCUT2D eigenvalue weighted by atomic mass is 16.2. The average molecular weight is 266 g/mol. The molecule has 1 amide bonds. The van der Waals surface area contributed by atoms with E-state index in [2.05, 4.69) is 0 Å². The van der Waals surface area contributed by atoms with E-state index >= 15 is 0 Å². The number of nitrogens with two attached hydrogens (primary N) is 1. The van der Waals surface area contributed by atoms with Crippen LogP contribution in [0.4, 0.5) is 0 Å². The highest BCUT2D eigenvalue weighted by molar-refractivity contribution is 6.13. The molecule has 0 atom stereocenters. The Morgan fingerprint density at radius 3 is 2.45 bits per heavy atom. The Morgan fingerprint density at radius 1 is 1.05 bits per heavy atom. The van der Waals surface area contributed by atoms with Gasteiger partial charge >= 0.3 is 0 Å². The van der Waals surface area contributed by atoms with E-state index < -0.39 is 0 Å². The summed E-state index contributed by atoms with van der Waals surface area (Å²) in [6, 6.07) is 13.4. The van der Waals surface area contributed by atoms with Gasteiger partial charge in [-0.25, -0.2) is 0 Å². The number of primary amides is 1. The third kappa shape index (κ3) is 1.86. The maximum atomic E-state index is 11.9. The predicted molar refractivity (Wildman–Crippen MR) is 78.6 cm³/mol. The molecule has 3 rings (SSSR count). The van der Waals surface area contributed by atoms with Crippen LogP contribution in [0.15, 0.2) is 42.5 Å². The third-order valence-corrected chi connectivity index (χ3v) is 3.43. The van der Waals surface area contributed by atoms with Crippen LogP contribution in [0.5, 0.6) is 0 Å². The topological polar surface area (TPSA) is 65.1 Å². The Morgan fingerprint density at radius 2 is 1.75 bits per heavy atom. The number of amides is 1. The van der Waals surface area contributed by atoms with Crippen LogP contribution < -0.4 is 5.73 Å². The van der Waals surface area contributed by atoms with E-state index in [1.54, 1.807) is 4.57 Å². The summed E-state index contributed by atoms with van der Waals surface area (Å²) in [7, 11) is 0. The largest absolute Gasteiger partial charge is 0.369 e. The van der Waals surface area contributed by atoms with Crippen molar-refractivity contribution in [1.82, 2.24) is 4.57 Å². The normalized spacial score (nSPS) is 11.1. The van der Waals surface area contributed by atoms with E-state index in [4.69, 9.17) is 5.73 Å². The standard InChI is InChI=1S/C16H14N2O2/c1-10(19)18-14-5-3-2-4-12(14)13-7-6-11(8-15(13)18)9-16(17)20/h2-8H,9H2,1H3,(H2,17,20). The van der Waals surface area contributed by atoms with Crippen LogP contribution in [0.2, 0.25) is 0 Å². The molecule has 20 heavy (non-hydrogen) atoms. The molecule has 1 heterocycles. The summed E-state index contributed by atoms with van der Waals surface area (Å²) < 4.78 is 1.68. The van der Waals surface area contributed by atoms with E-state index in [-0.39, 0.29) is 18.2 Å². The molecule has 3 aromatic rings. The van der Waals surface area contributed by atoms with E-state index in [1.165, 1.54) is 6.92 Å². The lowest BCUT2D eigenvalue weighted by Gasteiger charge is -2.03. The lowest BCUT2D eigenvalue weighted by Crippen LogP contribution is -2.13. The number of nitrogens with zero attached hydrogens (tertiary/aromatic N) is 1. The maximum absolute atomic E-state index is 11.9. The van der Waals surface area contributed by atoms with Crippen molar-refractivity contribution in [3.8, 4) is 0 Å². The van der Waals surface area contributed by atoms with Gasteiger partial charge in [-0.3, -0.25) is 14.2 Å². The summed E-state index contributed by atoms with van der Waals surface area (Å²) in [5.41, 5.74) is 7.74. The molecule has 0 spiro atoms. The molecule has 4 nitrogen and oxygen atoms in total. The summed E-state index contributed by atoms with van der Waals surface area (Å²) >= 11 is 0. The zero-order valence-electron chi connectivity index (χ0n) is 11.1. The summed E-state index contributed by atoms with van der Waals surface area (Å²) in [4.78, 5) is 23.0. The van der Waals surface area contributed by atoms with Gasteiger partial charge in [0.1, 0.15) is 0 Å². The first kappa shape index (κ1) is 12.4. The second-order valence-electron chi connectivity index (χ2n) is 4.87. The van der Waals surface area contributed by atoms with Gasteiger partial charge in [-0.1, -0.05) is 30.3 Å². The van der Waals surface area contributed by atoms with E-state index in [0.717, 1.165) is 27.4 Å². The summed E-state index contributed by atoms with van der Waals surface area (Å²) in [5, 5.41) is 2.03. The summed E-state index contributed by atoms with van der Waals surface area (Å²) in [5.74, 6) is -0.428. The van der Waals surface area contributed by atoms with Crippen LogP contribution in [0, 0.1) is 0 Å². The van der Waals surface area contributed by atoms with Gasteiger partial charge < -0.3 is 5.73 Å². The average Bonchev–Trinajstić information content (AvgIpc) is 2.71. The van der Waals surface area contributed by atoms with E-state index in [9.17, 15) is 9.59 Å². The molecule has 0 aliphatic carbocycles. The molecule has 100 valence electrons. The molecule has 0 aliphatic rings. The molecule has 1 aromatic heterocycles. The number of fused-ring (bicyclic) bond motifs is 3. The van der Waals surface area contributed by atoms with Gasteiger partial charge in [0.15, 0.2) is 0 Å². The van der Waals surface area contributed by atoms with E-state index in [0.29, 0.717) is 0 Å². The van der Waals surface area contributed by atoms with Crippen molar-refractivity contribution in [2.75, 3.05) is 0 Å². The number of carbonyl (C=O) groups is 2. The minimum Gasteiger partial charge on any atom is -0.369 e. The second-order valence-corrected chi connectivity index (χ2v) is 4.87. The predicted octanol–water partition coefficient (Wildman–Crippen LogP) is 2.48. The molecule has 0 saturated heterocycles. The van der Waals surface area contributed by atoms with Crippen molar-refractivity contribution in [3.63, 3.8) is 0 Å². The van der Waals surface area contributed by atoms with E-state index in [1.807, 2.05) is 42.5 Å². The van der Waals surface area contributed by atoms with Crippen LogP contribution in [-0.4, -0.2) is 16.4 Å². The van der Waals surface area contributed by atoms with Crippen LogP contribution in [0.3, 0.4) is 0 Å². The fourth-order valence-corrected chi connectivity index (χ4v) is 2.67. The van der Waals surface area contributed by atoms with Gasteiger partial charge in [0, 0.05) is 17.7 Å². The van der Waals surface area contributed by atoms with Gasteiger partial charge in [0.25, 0.3) is 0 Å².